The molecule has 0 radical (unpaired) electrons. The molecule has 1 aromatic heterocycles. The van der Waals surface area contributed by atoms with Crippen molar-refractivity contribution < 1.29 is 29.3 Å². The van der Waals surface area contributed by atoms with Gasteiger partial charge < -0.3 is 25.0 Å². The molecule has 212 valence electrons. The van der Waals surface area contributed by atoms with Gasteiger partial charge in [0.2, 0.25) is 5.91 Å². The number of carboxylic acids is 1. The topological polar surface area (TPSA) is 118 Å². The molecule has 9 heteroatoms. The molecule has 1 fully saturated rings. The highest BCUT2D eigenvalue weighted by Crippen LogP contribution is 2.39. The van der Waals surface area contributed by atoms with Crippen LogP contribution in [0.25, 0.3) is 0 Å². The molecule has 8 nitrogen and oxygen atoms in total. The molecule has 3 aromatic rings. The summed E-state index contributed by atoms with van der Waals surface area (Å²) in [4.78, 5) is 27.5. The van der Waals surface area contributed by atoms with E-state index in [-0.39, 0.29) is 31.1 Å². The number of aliphatic hydroxyl groups is 1. The highest BCUT2D eigenvalue weighted by atomic mass is 32.2. The van der Waals surface area contributed by atoms with Crippen LogP contribution >= 0.6 is 11.8 Å². The van der Waals surface area contributed by atoms with Gasteiger partial charge in [-0.05, 0) is 48.2 Å². The fourth-order valence-corrected chi connectivity index (χ4v) is 5.42. The third kappa shape index (κ3) is 9.45. The summed E-state index contributed by atoms with van der Waals surface area (Å²) in [7, 11) is 0. The number of nitrogens with zero attached hydrogens (tertiary/aromatic N) is 1. The van der Waals surface area contributed by atoms with E-state index in [0.717, 1.165) is 34.6 Å². The average Bonchev–Trinajstić information content (AvgIpc) is 2.98. The molecule has 1 aliphatic heterocycles. The molecule has 0 unspecified atom stereocenters. The van der Waals surface area contributed by atoms with E-state index < -0.39 is 12.3 Å². The van der Waals surface area contributed by atoms with E-state index in [4.69, 9.17) is 14.6 Å². The number of hydrogen-bond acceptors (Lipinski definition) is 7. The van der Waals surface area contributed by atoms with Crippen molar-refractivity contribution in [2.45, 2.75) is 75.1 Å². The van der Waals surface area contributed by atoms with Gasteiger partial charge in [-0.15, -0.1) is 11.8 Å². The minimum absolute atomic E-state index is 0.00981. The van der Waals surface area contributed by atoms with Crippen LogP contribution in [0.2, 0.25) is 0 Å². The standard InChI is InChI=1S/C31H36N2O6S/c34-20-22-13-15-23(16-14-22)27-19-26(21-40-29-11-5-6-17-32-29)38-31(39-27)24-8-7-9-25(18-24)33-28(35)10-3-1-2-4-12-30(36)37/h5-9,11,13-18,26-27,31,34H,1-4,10,12,19-21H2,(H,33,35)(H,36,37)/t26-,27+,31+/m1/s1. The number of carbonyl (C=O) groups is 2. The van der Waals surface area contributed by atoms with Gasteiger partial charge in [0, 0.05) is 42.5 Å². The van der Waals surface area contributed by atoms with Crippen molar-refractivity contribution in [3.63, 3.8) is 0 Å². The number of thioether (sulfide) groups is 1. The molecule has 3 N–H and O–H groups in total. The van der Waals surface area contributed by atoms with E-state index >= 15 is 0 Å². The summed E-state index contributed by atoms with van der Waals surface area (Å²) in [5.41, 5.74) is 3.36. The average molecular weight is 565 g/mol. The fourth-order valence-electron chi connectivity index (χ4n) is 4.54. The first-order valence-electron chi connectivity index (χ1n) is 13.7. The minimum atomic E-state index is -0.784. The maximum absolute atomic E-state index is 12.5. The lowest BCUT2D eigenvalue weighted by molar-refractivity contribution is -0.245. The van der Waals surface area contributed by atoms with E-state index in [2.05, 4.69) is 10.3 Å². The van der Waals surface area contributed by atoms with Gasteiger partial charge in [0.15, 0.2) is 6.29 Å². The lowest BCUT2D eigenvalue weighted by Gasteiger charge is -2.36. The van der Waals surface area contributed by atoms with Crippen molar-refractivity contribution in [3.05, 3.63) is 89.6 Å². The van der Waals surface area contributed by atoms with Gasteiger partial charge in [-0.25, -0.2) is 4.98 Å². The van der Waals surface area contributed by atoms with Crippen LogP contribution in [-0.2, 0) is 25.7 Å². The first-order valence-corrected chi connectivity index (χ1v) is 14.6. The quantitative estimate of drug-likeness (QED) is 0.155. The molecule has 0 spiro atoms. The van der Waals surface area contributed by atoms with Gasteiger partial charge in [0.05, 0.1) is 23.8 Å². The van der Waals surface area contributed by atoms with Crippen molar-refractivity contribution in [2.75, 3.05) is 11.1 Å². The number of pyridine rings is 1. The third-order valence-electron chi connectivity index (χ3n) is 6.66. The minimum Gasteiger partial charge on any atom is -0.481 e. The molecule has 2 heterocycles. The largest absolute Gasteiger partial charge is 0.481 e. The van der Waals surface area contributed by atoms with Crippen molar-refractivity contribution in [1.29, 1.82) is 0 Å². The van der Waals surface area contributed by atoms with Crippen LogP contribution in [0.1, 0.15) is 74.0 Å². The highest BCUT2D eigenvalue weighted by Gasteiger charge is 2.32. The van der Waals surface area contributed by atoms with E-state index in [0.29, 0.717) is 37.1 Å². The lowest BCUT2D eigenvalue weighted by atomic mass is 10.0. The summed E-state index contributed by atoms with van der Waals surface area (Å²) < 4.78 is 12.8. The number of amides is 1. The number of ether oxygens (including phenoxy) is 2. The van der Waals surface area contributed by atoms with Gasteiger partial charge in [0.25, 0.3) is 0 Å². The van der Waals surface area contributed by atoms with Crippen LogP contribution in [0.15, 0.2) is 78.0 Å². The number of rotatable bonds is 14. The Morgan fingerprint density at radius 1 is 0.925 bits per heavy atom. The zero-order valence-corrected chi connectivity index (χ0v) is 23.2. The van der Waals surface area contributed by atoms with E-state index in [9.17, 15) is 14.7 Å². The first kappa shape index (κ1) is 29.7. The molecule has 40 heavy (non-hydrogen) atoms. The molecule has 0 bridgehead atoms. The van der Waals surface area contributed by atoms with Crippen LogP contribution in [0.4, 0.5) is 5.69 Å². The second kappa shape index (κ2) is 15.5. The molecule has 0 aliphatic carbocycles. The molecule has 3 atom stereocenters. The second-order valence-electron chi connectivity index (χ2n) is 9.81. The molecule has 4 rings (SSSR count). The molecular weight excluding hydrogens is 528 g/mol. The van der Waals surface area contributed by atoms with Gasteiger partial charge in [-0.1, -0.05) is 55.3 Å². The van der Waals surface area contributed by atoms with Crippen LogP contribution in [0.5, 0.6) is 0 Å². The maximum Gasteiger partial charge on any atom is 0.303 e. The Morgan fingerprint density at radius 2 is 1.73 bits per heavy atom. The van der Waals surface area contributed by atoms with E-state index in [1.807, 2.05) is 66.7 Å². The first-order chi connectivity index (χ1) is 19.5. The van der Waals surface area contributed by atoms with Gasteiger partial charge in [-0.2, -0.15) is 0 Å². The Balaban J connectivity index is 1.39. The number of benzene rings is 2. The Labute approximate surface area is 239 Å². The van der Waals surface area contributed by atoms with Gasteiger partial charge in [-0.3, -0.25) is 9.59 Å². The lowest BCUT2D eigenvalue weighted by Crippen LogP contribution is -2.31. The molecule has 0 saturated carbocycles. The summed E-state index contributed by atoms with van der Waals surface area (Å²) in [6.07, 6.45) is 5.08. The van der Waals surface area contributed by atoms with E-state index in [1.54, 1.807) is 18.0 Å². The number of aromatic nitrogens is 1. The fraction of sp³-hybridized carbons (Fsp3) is 0.387. The number of anilines is 1. The Hall–Kier alpha value is -3.24. The number of nitrogens with one attached hydrogen (secondary N) is 1. The predicted octanol–water partition coefficient (Wildman–Crippen LogP) is 6.28. The summed E-state index contributed by atoms with van der Waals surface area (Å²) in [5.74, 6) is -0.148. The summed E-state index contributed by atoms with van der Waals surface area (Å²) >= 11 is 1.64. The molecule has 1 amide bonds. The number of hydrogen-bond donors (Lipinski definition) is 3. The van der Waals surface area contributed by atoms with Crippen molar-refractivity contribution >= 4 is 29.3 Å². The number of aliphatic carboxylic acids is 1. The van der Waals surface area contributed by atoms with Crippen molar-refractivity contribution in [2.24, 2.45) is 0 Å². The molecule has 1 saturated heterocycles. The Bertz CT molecular complexity index is 1220. The second-order valence-corrected chi connectivity index (χ2v) is 10.9. The molecular formula is C31H36N2O6S. The van der Waals surface area contributed by atoms with Crippen molar-refractivity contribution in [3.8, 4) is 0 Å². The summed E-state index contributed by atoms with van der Waals surface area (Å²) in [5, 5.41) is 22.1. The smallest absolute Gasteiger partial charge is 0.303 e. The Morgan fingerprint density at radius 3 is 2.45 bits per heavy atom. The monoisotopic (exact) mass is 564 g/mol. The van der Waals surface area contributed by atoms with Gasteiger partial charge >= 0.3 is 5.97 Å². The van der Waals surface area contributed by atoms with Crippen LogP contribution in [0.3, 0.4) is 0 Å². The summed E-state index contributed by atoms with van der Waals surface area (Å²) in [6.45, 7) is -0.00981. The SMILES string of the molecule is O=C(O)CCCCCCC(=O)Nc1cccc([C@H]2O[C@@H](CSc3ccccn3)C[C@@H](c3ccc(CO)cc3)O2)c1. The van der Waals surface area contributed by atoms with Crippen LogP contribution in [0, 0.1) is 0 Å². The normalized spacial score (nSPS) is 18.8. The summed E-state index contributed by atoms with van der Waals surface area (Å²) in [6, 6.07) is 21.2. The number of aliphatic hydroxyl groups excluding tert-OH is 1. The number of unbranched alkanes of at least 4 members (excludes halogenated alkanes) is 3. The zero-order chi connectivity index (χ0) is 28.2. The van der Waals surface area contributed by atoms with Crippen LogP contribution < -0.4 is 5.32 Å². The molecule has 2 aromatic carbocycles. The van der Waals surface area contributed by atoms with Gasteiger partial charge in [0.1, 0.15) is 0 Å². The number of carbonyl (C=O) groups excluding carboxylic acids is 1. The van der Waals surface area contributed by atoms with Crippen molar-refractivity contribution in [1.82, 2.24) is 4.98 Å². The third-order valence-corrected chi connectivity index (χ3v) is 7.73. The predicted molar refractivity (Wildman–Crippen MR) is 154 cm³/mol. The Kier molecular flexibility index (Phi) is 11.5. The number of carboxylic acid groups (broad SMARTS) is 1. The molecule has 1 aliphatic rings. The zero-order valence-electron chi connectivity index (χ0n) is 22.4. The van der Waals surface area contributed by atoms with Crippen LogP contribution in [-0.4, -0.2) is 38.9 Å². The van der Waals surface area contributed by atoms with E-state index in [1.165, 1.54) is 0 Å². The maximum atomic E-state index is 12.5. The highest BCUT2D eigenvalue weighted by molar-refractivity contribution is 7.99.